The van der Waals surface area contributed by atoms with Crippen LogP contribution >= 0.6 is 0 Å². The topological polar surface area (TPSA) is 86.4 Å². The Morgan fingerprint density at radius 2 is 1.67 bits per heavy atom. The predicted octanol–water partition coefficient (Wildman–Crippen LogP) is 2.38. The summed E-state index contributed by atoms with van der Waals surface area (Å²) in [6.45, 7) is 0.479. The quantitative estimate of drug-likeness (QED) is 0.704. The van der Waals surface area contributed by atoms with Gasteiger partial charge in [-0.05, 0) is 49.9 Å². The van der Waals surface area contributed by atoms with Crippen LogP contribution in [0.1, 0.15) is 43.5 Å². The van der Waals surface area contributed by atoms with Crippen molar-refractivity contribution < 1.29 is 26.3 Å². The zero-order chi connectivity index (χ0) is 21.7. The molecule has 0 bridgehead atoms. The van der Waals surface area contributed by atoms with Gasteiger partial charge < -0.3 is 4.74 Å². The molecule has 2 aromatic rings. The Kier molecular flexibility index (Phi) is 5.17. The van der Waals surface area contributed by atoms with E-state index in [1.807, 2.05) is 0 Å². The van der Waals surface area contributed by atoms with Crippen molar-refractivity contribution in [3.8, 4) is 5.75 Å². The molecule has 2 heterocycles. The van der Waals surface area contributed by atoms with Crippen molar-refractivity contribution in [1.82, 2.24) is 18.7 Å². The molecule has 0 radical (unpaired) electrons. The van der Waals surface area contributed by atoms with Crippen molar-refractivity contribution in [3.63, 3.8) is 0 Å². The summed E-state index contributed by atoms with van der Waals surface area (Å²) in [5.74, 6) is 0.206. The van der Waals surface area contributed by atoms with Crippen LogP contribution in [-0.4, -0.2) is 46.5 Å². The van der Waals surface area contributed by atoms with E-state index in [1.54, 1.807) is 11.6 Å². The fraction of sp³-hybridized carbons (Fsp3) is 0.556. The van der Waals surface area contributed by atoms with Crippen molar-refractivity contribution in [1.29, 1.82) is 0 Å². The van der Waals surface area contributed by atoms with Gasteiger partial charge in [0, 0.05) is 32.1 Å². The number of sulfonamides is 1. The maximum absolute atomic E-state index is 12.9. The van der Waals surface area contributed by atoms with Crippen molar-refractivity contribution in [3.05, 3.63) is 40.6 Å². The summed E-state index contributed by atoms with van der Waals surface area (Å²) in [7, 11) is -2.24. The Balaban J connectivity index is 1.46. The first kappa shape index (κ1) is 20.9. The van der Waals surface area contributed by atoms with Gasteiger partial charge in [-0.3, -0.25) is 4.57 Å². The van der Waals surface area contributed by atoms with Crippen LogP contribution in [0.4, 0.5) is 13.2 Å². The lowest BCUT2D eigenvalue weighted by molar-refractivity contribution is -0.274. The molecule has 2 fully saturated rings. The zero-order valence-corrected chi connectivity index (χ0v) is 17.0. The number of aromatic nitrogens is 3. The van der Waals surface area contributed by atoms with E-state index in [-0.39, 0.29) is 35.6 Å². The lowest BCUT2D eigenvalue weighted by Gasteiger charge is -2.30. The molecule has 0 amide bonds. The van der Waals surface area contributed by atoms with Crippen LogP contribution in [0, 0.1) is 0 Å². The fourth-order valence-electron chi connectivity index (χ4n) is 3.77. The third-order valence-corrected chi connectivity index (χ3v) is 7.32. The molecule has 1 aromatic carbocycles. The molecule has 164 valence electrons. The summed E-state index contributed by atoms with van der Waals surface area (Å²) >= 11 is 0. The number of hydrogen-bond acceptors (Lipinski definition) is 5. The van der Waals surface area contributed by atoms with Crippen LogP contribution in [0.3, 0.4) is 0 Å². The monoisotopic (exact) mass is 446 g/mol. The average molecular weight is 446 g/mol. The SMILES string of the molecule is Cn1nc(C2CCN(S(=O)(=O)c3ccc(OC(F)(F)F)cc3)CC2)n(C2CC2)c1=O. The van der Waals surface area contributed by atoms with Gasteiger partial charge in [-0.2, -0.15) is 9.40 Å². The van der Waals surface area contributed by atoms with E-state index in [9.17, 15) is 26.4 Å². The van der Waals surface area contributed by atoms with Gasteiger partial charge in [0.25, 0.3) is 0 Å². The Labute approximate surface area is 170 Å². The number of hydrogen-bond donors (Lipinski definition) is 0. The highest BCUT2D eigenvalue weighted by Crippen LogP contribution is 2.38. The third-order valence-electron chi connectivity index (χ3n) is 5.41. The van der Waals surface area contributed by atoms with Gasteiger partial charge in [0.05, 0.1) is 4.90 Å². The van der Waals surface area contributed by atoms with Gasteiger partial charge >= 0.3 is 12.1 Å². The number of alkyl halides is 3. The first-order valence-corrected chi connectivity index (χ1v) is 11.0. The van der Waals surface area contributed by atoms with Gasteiger partial charge in [-0.1, -0.05) is 0 Å². The minimum atomic E-state index is -4.84. The Morgan fingerprint density at radius 3 is 2.20 bits per heavy atom. The number of aryl methyl sites for hydroxylation is 1. The predicted molar refractivity (Wildman–Crippen MR) is 99.6 cm³/mol. The number of piperidine rings is 1. The Morgan fingerprint density at radius 1 is 1.07 bits per heavy atom. The summed E-state index contributed by atoms with van der Waals surface area (Å²) < 4.78 is 70.7. The molecular weight excluding hydrogens is 425 g/mol. The smallest absolute Gasteiger partial charge is 0.406 e. The minimum Gasteiger partial charge on any atom is -0.406 e. The number of benzene rings is 1. The lowest BCUT2D eigenvalue weighted by atomic mass is 9.97. The molecule has 1 aliphatic heterocycles. The maximum atomic E-state index is 12.9. The average Bonchev–Trinajstić information content (AvgIpc) is 3.47. The van der Waals surface area contributed by atoms with Crippen molar-refractivity contribution in [2.24, 2.45) is 7.05 Å². The Bertz CT molecular complexity index is 1080. The highest BCUT2D eigenvalue weighted by atomic mass is 32.2. The molecule has 8 nitrogen and oxygen atoms in total. The standard InChI is InChI=1S/C18H21F3N4O4S/c1-23-17(26)25(13-2-3-13)16(22-23)12-8-10-24(11-9-12)30(27,28)15-6-4-14(5-7-15)29-18(19,20)21/h4-7,12-13H,2-3,8-11H2,1H3. The summed E-state index contributed by atoms with van der Waals surface area (Å²) in [4.78, 5) is 12.2. The first-order chi connectivity index (χ1) is 14.1. The first-order valence-electron chi connectivity index (χ1n) is 9.57. The lowest BCUT2D eigenvalue weighted by Crippen LogP contribution is -2.38. The number of rotatable bonds is 5. The Hall–Kier alpha value is -2.34. The summed E-state index contributed by atoms with van der Waals surface area (Å²) in [5.41, 5.74) is -0.149. The number of ether oxygens (including phenoxy) is 1. The molecule has 12 heteroatoms. The van der Waals surface area contributed by atoms with Crippen LogP contribution < -0.4 is 10.4 Å². The fourth-order valence-corrected chi connectivity index (χ4v) is 5.24. The van der Waals surface area contributed by atoms with E-state index in [0.717, 1.165) is 37.1 Å². The minimum absolute atomic E-state index is 0.0199. The number of halogens is 3. The van der Waals surface area contributed by atoms with Crippen LogP contribution in [-0.2, 0) is 17.1 Å². The highest BCUT2D eigenvalue weighted by molar-refractivity contribution is 7.89. The van der Waals surface area contributed by atoms with Gasteiger partial charge in [0.15, 0.2) is 0 Å². The van der Waals surface area contributed by atoms with E-state index >= 15 is 0 Å². The third kappa shape index (κ3) is 4.10. The van der Waals surface area contributed by atoms with Gasteiger partial charge in [0.2, 0.25) is 10.0 Å². The molecule has 1 aliphatic carbocycles. The van der Waals surface area contributed by atoms with E-state index in [0.29, 0.717) is 18.7 Å². The second-order valence-corrected chi connectivity index (χ2v) is 9.50. The zero-order valence-electron chi connectivity index (χ0n) is 16.2. The van der Waals surface area contributed by atoms with Crippen molar-refractivity contribution >= 4 is 10.0 Å². The van der Waals surface area contributed by atoms with E-state index in [4.69, 9.17) is 0 Å². The van der Waals surface area contributed by atoms with E-state index in [2.05, 4.69) is 9.84 Å². The molecule has 30 heavy (non-hydrogen) atoms. The molecule has 0 unspecified atom stereocenters. The molecule has 0 spiro atoms. The number of nitrogens with zero attached hydrogens (tertiary/aromatic N) is 4. The van der Waals surface area contributed by atoms with Crippen LogP contribution in [0.2, 0.25) is 0 Å². The molecule has 1 aromatic heterocycles. The van der Waals surface area contributed by atoms with Gasteiger partial charge in [-0.25, -0.2) is 17.9 Å². The van der Waals surface area contributed by atoms with Crippen molar-refractivity contribution in [2.75, 3.05) is 13.1 Å². The summed E-state index contributed by atoms with van der Waals surface area (Å²) in [6.07, 6.45) is -1.93. The maximum Gasteiger partial charge on any atom is 0.573 e. The summed E-state index contributed by atoms with van der Waals surface area (Å²) in [5, 5.41) is 4.37. The molecule has 0 atom stereocenters. The van der Waals surface area contributed by atoms with Crippen LogP contribution in [0.15, 0.2) is 34.0 Å². The molecular formula is C18H21F3N4O4S. The molecule has 4 rings (SSSR count). The van der Waals surface area contributed by atoms with Crippen LogP contribution in [0.5, 0.6) is 5.75 Å². The van der Waals surface area contributed by atoms with E-state index < -0.39 is 22.1 Å². The van der Waals surface area contributed by atoms with Crippen molar-refractivity contribution in [2.45, 2.75) is 48.9 Å². The second-order valence-electron chi connectivity index (χ2n) is 7.56. The normalized spacial score (nSPS) is 19.2. The molecule has 1 saturated carbocycles. The molecule has 0 N–H and O–H groups in total. The second kappa shape index (κ2) is 7.41. The largest absolute Gasteiger partial charge is 0.573 e. The summed E-state index contributed by atoms with van der Waals surface area (Å²) in [6, 6.07) is 4.35. The highest BCUT2D eigenvalue weighted by Gasteiger charge is 2.36. The van der Waals surface area contributed by atoms with E-state index in [1.165, 1.54) is 8.99 Å². The van der Waals surface area contributed by atoms with Gasteiger partial charge in [0.1, 0.15) is 11.6 Å². The van der Waals surface area contributed by atoms with Gasteiger partial charge in [-0.15, -0.1) is 13.2 Å². The molecule has 1 saturated heterocycles. The van der Waals surface area contributed by atoms with Crippen LogP contribution in [0.25, 0.3) is 0 Å². The molecule has 2 aliphatic rings.